The molecule has 3 N–H and O–H groups in total. The van der Waals surface area contributed by atoms with Crippen molar-refractivity contribution >= 4 is 49.0 Å². The SMILES string of the molecule is CC(C)(C)OC(=O)N1CCC[C@H](O[Si](C)(C)C(C)(C)C)[C@H]1CCCNc1ccc(Cl)c(Cl)c1N. The molecule has 1 aromatic carbocycles. The largest absolute Gasteiger partial charge is 0.444 e. The van der Waals surface area contributed by atoms with Crippen LogP contribution in [0.5, 0.6) is 0 Å². The van der Waals surface area contributed by atoms with E-state index in [-0.39, 0.29) is 23.3 Å². The summed E-state index contributed by atoms with van der Waals surface area (Å²) in [5, 5.41) is 4.25. The Balaban J connectivity index is 2.15. The van der Waals surface area contributed by atoms with Crippen molar-refractivity contribution in [3.63, 3.8) is 0 Å². The van der Waals surface area contributed by atoms with Gasteiger partial charge in [-0.3, -0.25) is 0 Å². The zero-order valence-electron chi connectivity index (χ0n) is 22.1. The van der Waals surface area contributed by atoms with Crippen molar-refractivity contribution in [1.82, 2.24) is 4.90 Å². The summed E-state index contributed by atoms with van der Waals surface area (Å²) in [5.41, 5.74) is 6.76. The maximum Gasteiger partial charge on any atom is 0.410 e. The van der Waals surface area contributed by atoms with Crippen molar-refractivity contribution in [2.24, 2.45) is 0 Å². The number of amides is 1. The summed E-state index contributed by atoms with van der Waals surface area (Å²) >= 11 is 12.2. The highest BCUT2D eigenvalue weighted by Crippen LogP contribution is 2.40. The molecule has 0 unspecified atom stereocenters. The van der Waals surface area contributed by atoms with Crippen LogP contribution in [0.25, 0.3) is 0 Å². The Morgan fingerprint density at radius 1 is 1.21 bits per heavy atom. The number of halogens is 2. The molecule has 0 radical (unpaired) electrons. The van der Waals surface area contributed by atoms with Crippen LogP contribution in [-0.4, -0.2) is 50.1 Å². The van der Waals surface area contributed by atoms with Crippen LogP contribution in [0.4, 0.5) is 16.2 Å². The molecule has 0 saturated carbocycles. The van der Waals surface area contributed by atoms with Crippen LogP contribution in [-0.2, 0) is 9.16 Å². The van der Waals surface area contributed by atoms with Gasteiger partial charge in [0.1, 0.15) is 5.60 Å². The number of hydrogen-bond donors (Lipinski definition) is 2. The Morgan fingerprint density at radius 3 is 2.44 bits per heavy atom. The zero-order valence-corrected chi connectivity index (χ0v) is 24.6. The van der Waals surface area contributed by atoms with Crippen LogP contribution in [0.1, 0.15) is 67.2 Å². The standard InChI is InChI=1S/C25H43Cl2N3O3Si/c1-24(2,3)32-23(31)30-16-10-12-20(33-34(7,8)25(4,5)6)19(30)11-9-15-29-18-14-13-17(26)21(27)22(18)28/h13-14,19-20,29H,9-12,15-16,28H2,1-8H3/t19-,20+/m1/s1. The summed E-state index contributed by atoms with van der Waals surface area (Å²) in [5.74, 6) is 0. The van der Waals surface area contributed by atoms with Crippen molar-refractivity contribution in [2.75, 3.05) is 24.1 Å². The molecule has 0 spiro atoms. The summed E-state index contributed by atoms with van der Waals surface area (Å²) in [6.07, 6.45) is 3.23. The Hall–Kier alpha value is -1.15. The first-order valence-corrected chi connectivity index (χ1v) is 15.8. The third-order valence-corrected chi connectivity index (χ3v) is 12.0. The minimum absolute atomic E-state index is 0.00259. The second-order valence-electron chi connectivity index (χ2n) is 11.7. The van der Waals surface area contributed by atoms with E-state index in [1.807, 2.05) is 31.7 Å². The van der Waals surface area contributed by atoms with Gasteiger partial charge in [-0.2, -0.15) is 0 Å². The molecule has 9 heteroatoms. The lowest BCUT2D eigenvalue weighted by atomic mass is 9.95. The van der Waals surface area contributed by atoms with Crippen molar-refractivity contribution in [3.8, 4) is 0 Å². The highest BCUT2D eigenvalue weighted by molar-refractivity contribution is 6.74. The summed E-state index contributed by atoms with van der Waals surface area (Å²) < 4.78 is 12.6. The number of anilines is 2. The predicted octanol–water partition coefficient (Wildman–Crippen LogP) is 7.56. The zero-order chi connectivity index (χ0) is 25.9. The number of hydrogen-bond acceptors (Lipinski definition) is 5. The normalized spacial score (nSPS) is 19.8. The Labute approximate surface area is 217 Å². The number of carbonyl (C=O) groups is 1. The molecule has 1 aliphatic rings. The first kappa shape index (κ1) is 29.1. The van der Waals surface area contributed by atoms with Gasteiger partial charge >= 0.3 is 6.09 Å². The lowest BCUT2D eigenvalue weighted by Crippen LogP contribution is -2.56. The van der Waals surface area contributed by atoms with Crippen LogP contribution in [0.15, 0.2) is 12.1 Å². The number of carbonyl (C=O) groups excluding carboxylic acids is 1. The van der Waals surface area contributed by atoms with E-state index in [0.717, 1.165) is 31.4 Å². The minimum Gasteiger partial charge on any atom is -0.444 e. The third kappa shape index (κ3) is 7.67. The summed E-state index contributed by atoms with van der Waals surface area (Å²) in [7, 11) is -2.00. The maximum absolute atomic E-state index is 13.1. The molecule has 34 heavy (non-hydrogen) atoms. The molecule has 1 aromatic rings. The molecule has 2 atom stereocenters. The quantitative estimate of drug-likeness (QED) is 0.215. The van der Waals surface area contributed by atoms with E-state index in [4.69, 9.17) is 38.1 Å². The fourth-order valence-electron chi connectivity index (χ4n) is 3.86. The van der Waals surface area contributed by atoms with Gasteiger partial charge in [-0.05, 0) is 76.7 Å². The molecular formula is C25H43Cl2N3O3Si. The maximum atomic E-state index is 13.1. The Kier molecular flexibility index (Phi) is 9.64. The van der Waals surface area contributed by atoms with E-state index in [2.05, 4.69) is 39.2 Å². The topological polar surface area (TPSA) is 76.8 Å². The van der Waals surface area contributed by atoms with Crippen molar-refractivity contribution < 1.29 is 14.0 Å². The lowest BCUT2D eigenvalue weighted by molar-refractivity contribution is -0.0215. The molecule has 1 amide bonds. The van der Waals surface area contributed by atoms with Gasteiger partial charge in [0.25, 0.3) is 0 Å². The summed E-state index contributed by atoms with van der Waals surface area (Å²) in [4.78, 5) is 15.0. The Bertz CT molecular complexity index is 853. The molecular weight excluding hydrogens is 489 g/mol. The molecule has 6 nitrogen and oxygen atoms in total. The van der Waals surface area contributed by atoms with Crippen molar-refractivity contribution in [1.29, 1.82) is 0 Å². The molecule has 0 aliphatic carbocycles. The van der Waals surface area contributed by atoms with E-state index in [1.165, 1.54) is 0 Å². The predicted molar refractivity (Wildman–Crippen MR) is 147 cm³/mol. The number of rotatable bonds is 7. The number of piperidine rings is 1. The van der Waals surface area contributed by atoms with Gasteiger partial charge in [-0.1, -0.05) is 44.0 Å². The average molecular weight is 533 g/mol. The van der Waals surface area contributed by atoms with Crippen molar-refractivity contribution in [3.05, 3.63) is 22.2 Å². The van der Waals surface area contributed by atoms with Gasteiger partial charge < -0.3 is 25.1 Å². The number of nitrogens with two attached hydrogens (primary N) is 1. The van der Waals surface area contributed by atoms with Crippen LogP contribution < -0.4 is 11.1 Å². The Morgan fingerprint density at radius 2 is 1.85 bits per heavy atom. The number of ether oxygens (including phenoxy) is 1. The fourth-order valence-corrected chi connectivity index (χ4v) is 5.57. The first-order chi connectivity index (χ1) is 15.5. The molecule has 1 saturated heterocycles. The average Bonchev–Trinajstić information content (AvgIpc) is 2.69. The number of nitrogens with zero attached hydrogens (tertiary/aromatic N) is 1. The molecule has 0 bridgehead atoms. The lowest BCUT2D eigenvalue weighted by Gasteiger charge is -2.47. The highest BCUT2D eigenvalue weighted by Gasteiger charge is 2.44. The van der Waals surface area contributed by atoms with E-state index in [9.17, 15) is 4.79 Å². The number of likely N-dealkylation sites (tertiary alicyclic amines) is 1. The molecule has 1 aliphatic heterocycles. The van der Waals surface area contributed by atoms with Crippen molar-refractivity contribution in [2.45, 2.75) is 103 Å². The van der Waals surface area contributed by atoms with E-state index >= 15 is 0 Å². The minimum atomic E-state index is -2.00. The van der Waals surface area contributed by atoms with Crippen LogP contribution >= 0.6 is 23.2 Å². The second-order valence-corrected chi connectivity index (χ2v) is 17.2. The van der Waals surface area contributed by atoms with Crippen LogP contribution in [0.2, 0.25) is 28.2 Å². The number of nitrogens with one attached hydrogen (secondary N) is 1. The number of benzene rings is 1. The fraction of sp³-hybridized carbons (Fsp3) is 0.720. The summed E-state index contributed by atoms with van der Waals surface area (Å²) in [6, 6.07) is 3.53. The number of nitrogen functional groups attached to an aromatic ring is 1. The van der Waals surface area contributed by atoms with E-state index in [0.29, 0.717) is 28.8 Å². The van der Waals surface area contributed by atoms with Crippen LogP contribution in [0.3, 0.4) is 0 Å². The second kappa shape index (κ2) is 11.3. The third-order valence-electron chi connectivity index (χ3n) is 6.72. The van der Waals surface area contributed by atoms with Gasteiger partial charge in [0, 0.05) is 13.1 Å². The highest BCUT2D eigenvalue weighted by atomic mass is 35.5. The molecule has 2 rings (SSSR count). The first-order valence-electron chi connectivity index (χ1n) is 12.2. The van der Waals surface area contributed by atoms with E-state index < -0.39 is 13.9 Å². The smallest absolute Gasteiger partial charge is 0.410 e. The molecule has 1 heterocycles. The molecule has 1 fully saturated rings. The van der Waals surface area contributed by atoms with Gasteiger partial charge in [-0.25, -0.2) is 4.79 Å². The van der Waals surface area contributed by atoms with Gasteiger partial charge in [0.15, 0.2) is 8.32 Å². The van der Waals surface area contributed by atoms with Crippen LogP contribution in [0, 0.1) is 0 Å². The van der Waals surface area contributed by atoms with Gasteiger partial charge in [0.2, 0.25) is 0 Å². The van der Waals surface area contributed by atoms with Gasteiger partial charge in [0.05, 0.1) is 33.6 Å². The van der Waals surface area contributed by atoms with Gasteiger partial charge in [-0.15, -0.1) is 0 Å². The molecule has 194 valence electrons. The van der Waals surface area contributed by atoms with E-state index in [1.54, 1.807) is 6.07 Å². The molecule has 0 aromatic heterocycles. The summed E-state index contributed by atoms with van der Waals surface area (Å²) in [6.45, 7) is 18.3. The monoisotopic (exact) mass is 531 g/mol.